The molecule has 0 bridgehead atoms. The molecule has 2 amide bonds. The van der Waals surface area contributed by atoms with E-state index in [1.54, 1.807) is 19.2 Å². The van der Waals surface area contributed by atoms with E-state index in [1.165, 1.54) is 11.1 Å². The molecule has 0 radical (unpaired) electrons. The predicted octanol–water partition coefficient (Wildman–Crippen LogP) is 3.06. The zero-order chi connectivity index (χ0) is 17.0. The van der Waals surface area contributed by atoms with Crippen LogP contribution in [-0.4, -0.2) is 35.3 Å². The number of nitrogens with zero attached hydrogens (tertiary/aromatic N) is 2. The quantitative estimate of drug-likeness (QED) is 0.876. The minimum absolute atomic E-state index is 0.0464. The fourth-order valence-electron chi connectivity index (χ4n) is 2.20. The second kappa shape index (κ2) is 7.24. The van der Waals surface area contributed by atoms with E-state index in [4.69, 9.17) is 11.6 Å². The Hall–Kier alpha value is -2.40. The second-order valence-electron chi connectivity index (χ2n) is 5.35. The Morgan fingerprint density at radius 1 is 1.17 bits per heavy atom. The number of carbonyl (C=O) groups excluding carboxylic acids is 2. The van der Waals surface area contributed by atoms with Gasteiger partial charge in [0, 0.05) is 18.9 Å². The summed E-state index contributed by atoms with van der Waals surface area (Å²) in [6.07, 6.45) is 1.39. The van der Waals surface area contributed by atoms with Gasteiger partial charge in [-0.25, -0.2) is 4.98 Å². The molecule has 23 heavy (non-hydrogen) atoms. The fourth-order valence-corrected chi connectivity index (χ4v) is 2.31. The molecule has 1 heterocycles. The maximum absolute atomic E-state index is 12.2. The largest absolute Gasteiger partial charge is 0.332 e. The first kappa shape index (κ1) is 17.0. The van der Waals surface area contributed by atoms with Crippen LogP contribution in [0.2, 0.25) is 5.15 Å². The molecule has 1 N–H and O–H groups in total. The monoisotopic (exact) mass is 331 g/mol. The number of aromatic nitrogens is 1. The zero-order valence-electron chi connectivity index (χ0n) is 13.3. The van der Waals surface area contributed by atoms with Crippen LogP contribution in [0.1, 0.15) is 21.5 Å². The number of hydrogen-bond acceptors (Lipinski definition) is 3. The molecule has 2 aromatic rings. The van der Waals surface area contributed by atoms with E-state index in [1.807, 2.05) is 32.0 Å². The molecule has 2 rings (SSSR count). The van der Waals surface area contributed by atoms with Gasteiger partial charge in [-0.05, 0) is 37.1 Å². The van der Waals surface area contributed by atoms with Crippen molar-refractivity contribution in [1.82, 2.24) is 9.88 Å². The summed E-state index contributed by atoms with van der Waals surface area (Å²) in [4.78, 5) is 29.6. The van der Waals surface area contributed by atoms with E-state index in [2.05, 4.69) is 10.3 Å². The van der Waals surface area contributed by atoms with Gasteiger partial charge in [-0.15, -0.1) is 0 Å². The average molecular weight is 332 g/mol. The van der Waals surface area contributed by atoms with Gasteiger partial charge in [0.15, 0.2) is 0 Å². The summed E-state index contributed by atoms with van der Waals surface area (Å²) in [5.41, 5.74) is 3.13. The molecule has 0 aliphatic rings. The summed E-state index contributed by atoms with van der Waals surface area (Å²) < 4.78 is 0. The Morgan fingerprint density at radius 3 is 2.39 bits per heavy atom. The first-order valence-corrected chi connectivity index (χ1v) is 7.49. The van der Waals surface area contributed by atoms with Gasteiger partial charge in [0.2, 0.25) is 5.91 Å². The maximum atomic E-state index is 12.2. The summed E-state index contributed by atoms with van der Waals surface area (Å²) in [5, 5.41) is 3.17. The number of carbonyl (C=O) groups is 2. The van der Waals surface area contributed by atoms with Crippen molar-refractivity contribution in [3.63, 3.8) is 0 Å². The molecule has 0 spiro atoms. The van der Waals surface area contributed by atoms with E-state index in [-0.39, 0.29) is 18.4 Å². The minimum Gasteiger partial charge on any atom is -0.332 e. The molecule has 0 atom stereocenters. The number of halogens is 1. The molecular weight excluding hydrogens is 314 g/mol. The van der Waals surface area contributed by atoms with Crippen molar-refractivity contribution >= 4 is 29.1 Å². The van der Waals surface area contributed by atoms with Gasteiger partial charge in [-0.1, -0.05) is 29.8 Å². The minimum atomic E-state index is -0.286. The Balaban J connectivity index is 2.02. The zero-order valence-corrected chi connectivity index (χ0v) is 14.0. The van der Waals surface area contributed by atoms with Crippen LogP contribution in [0.4, 0.5) is 5.69 Å². The lowest BCUT2D eigenvalue weighted by Gasteiger charge is -2.18. The molecular formula is C17H18ClN3O2. The van der Waals surface area contributed by atoms with Crippen molar-refractivity contribution in [2.24, 2.45) is 0 Å². The van der Waals surface area contributed by atoms with Crippen molar-refractivity contribution in [1.29, 1.82) is 0 Å². The SMILES string of the molecule is Cc1cccc(C)c1NC(=O)CN(C)C(=O)c1ccc(Cl)nc1. The molecule has 0 aliphatic carbocycles. The number of hydrogen-bond donors (Lipinski definition) is 1. The van der Waals surface area contributed by atoms with Gasteiger partial charge in [-0.3, -0.25) is 9.59 Å². The Bertz CT molecular complexity index is 709. The third kappa shape index (κ3) is 4.29. The van der Waals surface area contributed by atoms with Gasteiger partial charge in [-0.2, -0.15) is 0 Å². The van der Waals surface area contributed by atoms with Gasteiger partial charge in [0.05, 0.1) is 12.1 Å². The average Bonchev–Trinajstić information content (AvgIpc) is 2.51. The van der Waals surface area contributed by atoms with E-state index in [0.717, 1.165) is 16.8 Å². The summed E-state index contributed by atoms with van der Waals surface area (Å²) in [6, 6.07) is 8.91. The van der Waals surface area contributed by atoms with Crippen LogP contribution in [-0.2, 0) is 4.79 Å². The Morgan fingerprint density at radius 2 is 1.83 bits per heavy atom. The van der Waals surface area contributed by atoms with Crippen LogP contribution in [0.25, 0.3) is 0 Å². The number of para-hydroxylation sites is 1. The number of benzene rings is 1. The lowest BCUT2D eigenvalue weighted by Crippen LogP contribution is -2.35. The van der Waals surface area contributed by atoms with Crippen LogP contribution < -0.4 is 5.32 Å². The van der Waals surface area contributed by atoms with Crippen LogP contribution in [0.5, 0.6) is 0 Å². The Kier molecular flexibility index (Phi) is 5.34. The molecule has 0 saturated carbocycles. The van der Waals surface area contributed by atoms with Crippen LogP contribution in [0.15, 0.2) is 36.5 Å². The standard InChI is InChI=1S/C17H18ClN3O2/c1-11-5-4-6-12(2)16(11)20-15(22)10-21(3)17(23)13-7-8-14(18)19-9-13/h4-9H,10H2,1-3H3,(H,20,22). The van der Waals surface area contributed by atoms with Crippen molar-refractivity contribution in [3.05, 3.63) is 58.4 Å². The highest BCUT2D eigenvalue weighted by atomic mass is 35.5. The molecule has 0 saturated heterocycles. The number of rotatable bonds is 4. The molecule has 6 heteroatoms. The molecule has 5 nitrogen and oxygen atoms in total. The van der Waals surface area contributed by atoms with Gasteiger partial charge in [0.1, 0.15) is 5.15 Å². The van der Waals surface area contributed by atoms with Crippen molar-refractivity contribution in [3.8, 4) is 0 Å². The number of pyridine rings is 1. The van der Waals surface area contributed by atoms with Crippen molar-refractivity contribution in [2.75, 3.05) is 18.9 Å². The number of nitrogens with one attached hydrogen (secondary N) is 1. The lowest BCUT2D eigenvalue weighted by molar-refractivity contribution is -0.116. The van der Waals surface area contributed by atoms with Crippen molar-refractivity contribution < 1.29 is 9.59 Å². The topological polar surface area (TPSA) is 62.3 Å². The highest BCUT2D eigenvalue weighted by Gasteiger charge is 2.16. The van der Waals surface area contributed by atoms with Gasteiger partial charge in [0.25, 0.3) is 5.91 Å². The van der Waals surface area contributed by atoms with Crippen molar-refractivity contribution in [2.45, 2.75) is 13.8 Å². The lowest BCUT2D eigenvalue weighted by atomic mass is 10.1. The van der Waals surface area contributed by atoms with E-state index >= 15 is 0 Å². The highest BCUT2D eigenvalue weighted by Crippen LogP contribution is 2.19. The highest BCUT2D eigenvalue weighted by molar-refractivity contribution is 6.29. The normalized spacial score (nSPS) is 10.3. The van der Waals surface area contributed by atoms with Crippen LogP contribution in [0.3, 0.4) is 0 Å². The molecule has 0 aliphatic heterocycles. The summed E-state index contributed by atoms with van der Waals surface area (Å²) in [6.45, 7) is 3.81. The summed E-state index contributed by atoms with van der Waals surface area (Å²) in [7, 11) is 1.57. The Labute approximate surface area is 140 Å². The molecule has 1 aromatic carbocycles. The maximum Gasteiger partial charge on any atom is 0.255 e. The third-order valence-corrected chi connectivity index (χ3v) is 3.67. The third-order valence-electron chi connectivity index (χ3n) is 3.45. The van der Waals surface area contributed by atoms with Gasteiger partial charge >= 0.3 is 0 Å². The number of aryl methyl sites for hydroxylation is 2. The van der Waals surface area contributed by atoms with E-state index < -0.39 is 0 Å². The number of amides is 2. The number of anilines is 1. The van der Waals surface area contributed by atoms with Crippen LogP contribution in [0, 0.1) is 13.8 Å². The van der Waals surface area contributed by atoms with E-state index in [0.29, 0.717) is 10.7 Å². The first-order valence-electron chi connectivity index (χ1n) is 7.11. The fraction of sp³-hybridized carbons (Fsp3) is 0.235. The predicted molar refractivity (Wildman–Crippen MR) is 90.8 cm³/mol. The van der Waals surface area contributed by atoms with Crippen LogP contribution >= 0.6 is 11.6 Å². The molecule has 1 aromatic heterocycles. The second-order valence-corrected chi connectivity index (χ2v) is 5.73. The summed E-state index contributed by atoms with van der Waals surface area (Å²) >= 11 is 5.70. The smallest absolute Gasteiger partial charge is 0.255 e. The first-order chi connectivity index (χ1) is 10.9. The molecule has 0 fully saturated rings. The molecule has 120 valence electrons. The van der Waals surface area contributed by atoms with Gasteiger partial charge < -0.3 is 10.2 Å². The molecule has 0 unspecified atom stereocenters. The summed E-state index contributed by atoms with van der Waals surface area (Å²) in [5.74, 6) is -0.536. The number of likely N-dealkylation sites (N-methyl/N-ethyl adjacent to an activating group) is 1. The van der Waals surface area contributed by atoms with E-state index in [9.17, 15) is 9.59 Å².